The van der Waals surface area contributed by atoms with Crippen LogP contribution in [0.3, 0.4) is 0 Å². The second kappa shape index (κ2) is 7.59. The van der Waals surface area contributed by atoms with Gasteiger partial charge in [-0.05, 0) is 31.5 Å². The van der Waals surface area contributed by atoms with E-state index in [1.54, 1.807) is 14.0 Å². The highest BCUT2D eigenvalue weighted by Crippen LogP contribution is 2.28. The van der Waals surface area contributed by atoms with Crippen molar-refractivity contribution in [3.63, 3.8) is 0 Å². The Morgan fingerprint density at radius 1 is 1.12 bits per heavy atom. The molecule has 1 aromatic heterocycles. The van der Waals surface area contributed by atoms with Crippen LogP contribution in [-0.4, -0.2) is 54.1 Å². The summed E-state index contributed by atoms with van der Waals surface area (Å²) in [5.74, 6) is 2.28. The number of amides is 1. The minimum absolute atomic E-state index is 0.123. The lowest BCUT2D eigenvalue weighted by Gasteiger charge is -2.35. The average molecular weight is 355 g/mol. The van der Waals surface area contributed by atoms with Gasteiger partial charge < -0.3 is 19.9 Å². The summed E-state index contributed by atoms with van der Waals surface area (Å²) in [5, 5.41) is 3.27. The molecular weight excluding hydrogens is 330 g/mol. The Morgan fingerprint density at radius 3 is 2.50 bits per heavy atom. The number of anilines is 3. The molecule has 0 radical (unpaired) electrons. The van der Waals surface area contributed by atoms with Gasteiger partial charge in [-0.15, -0.1) is 0 Å². The molecule has 1 aliphatic rings. The van der Waals surface area contributed by atoms with Gasteiger partial charge in [-0.25, -0.2) is 4.98 Å². The molecule has 7 nitrogen and oxygen atoms in total. The monoisotopic (exact) mass is 355 g/mol. The number of carbonyl (C=O) groups excluding carboxylic acids is 1. The number of methoxy groups -OCH3 is 1. The Morgan fingerprint density at radius 2 is 1.85 bits per heavy atom. The average Bonchev–Trinajstić information content (AvgIpc) is 2.61. The number of benzene rings is 1. The zero-order valence-electron chi connectivity index (χ0n) is 15.7. The molecule has 7 heteroatoms. The summed E-state index contributed by atoms with van der Waals surface area (Å²) < 4.78 is 5.42. The molecule has 0 bridgehead atoms. The van der Waals surface area contributed by atoms with Crippen molar-refractivity contribution < 1.29 is 9.53 Å². The molecule has 0 unspecified atom stereocenters. The molecule has 1 saturated heterocycles. The van der Waals surface area contributed by atoms with E-state index in [1.165, 1.54) is 0 Å². The first-order valence-corrected chi connectivity index (χ1v) is 8.74. The summed E-state index contributed by atoms with van der Waals surface area (Å²) in [5.41, 5.74) is 2.85. The number of carbonyl (C=O) groups is 1. The molecule has 138 valence electrons. The van der Waals surface area contributed by atoms with Crippen LogP contribution in [0.2, 0.25) is 0 Å². The van der Waals surface area contributed by atoms with E-state index in [0.29, 0.717) is 19.0 Å². The second-order valence-electron chi connectivity index (χ2n) is 6.51. The van der Waals surface area contributed by atoms with E-state index in [0.717, 1.165) is 41.6 Å². The summed E-state index contributed by atoms with van der Waals surface area (Å²) in [7, 11) is 1.65. The third kappa shape index (κ3) is 4.04. The fourth-order valence-corrected chi connectivity index (χ4v) is 3.06. The van der Waals surface area contributed by atoms with Crippen LogP contribution in [0, 0.1) is 13.8 Å². The van der Waals surface area contributed by atoms with Gasteiger partial charge in [0, 0.05) is 44.9 Å². The number of piperazine rings is 1. The fraction of sp³-hybridized carbons (Fsp3) is 0.421. The molecule has 26 heavy (non-hydrogen) atoms. The minimum Gasteiger partial charge on any atom is -0.495 e. The van der Waals surface area contributed by atoms with E-state index in [1.807, 2.05) is 43.0 Å². The van der Waals surface area contributed by atoms with E-state index in [9.17, 15) is 4.79 Å². The second-order valence-corrected chi connectivity index (χ2v) is 6.51. The van der Waals surface area contributed by atoms with Crippen LogP contribution in [0.1, 0.15) is 18.2 Å². The molecule has 1 aromatic carbocycles. The molecule has 1 amide bonds. The fourth-order valence-electron chi connectivity index (χ4n) is 3.06. The topological polar surface area (TPSA) is 70.6 Å². The lowest BCUT2D eigenvalue weighted by atomic mass is 10.2. The number of hydrogen-bond acceptors (Lipinski definition) is 6. The Labute approximate surface area is 154 Å². The number of aryl methyl sites for hydroxylation is 2. The van der Waals surface area contributed by atoms with Crippen LogP contribution in [0.25, 0.3) is 0 Å². The molecule has 0 atom stereocenters. The van der Waals surface area contributed by atoms with Crippen molar-refractivity contribution in [3.05, 3.63) is 35.5 Å². The third-order valence-electron chi connectivity index (χ3n) is 4.49. The van der Waals surface area contributed by atoms with E-state index in [4.69, 9.17) is 4.74 Å². The van der Waals surface area contributed by atoms with E-state index >= 15 is 0 Å². The molecule has 0 aliphatic carbocycles. The highest BCUT2D eigenvalue weighted by Gasteiger charge is 2.20. The maximum Gasteiger partial charge on any atom is 0.229 e. The molecular formula is C19H25N5O2. The van der Waals surface area contributed by atoms with Gasteiger partial charge in [0.15, 0.2) is 0 Å². The normalized spacial score (nSPS) is 14.3. The first kappa shape index (κ1) is 18.0. The number of rotatable bonds is 4. The van der Waals surface area contributed by atoms with Crippen molar-refractivity contribution in [2.24, 2.45) is 0 Å². The lowest BCUT2D eigenvalue weighted by molar-refractivity contribution is -0.129. The van der Waals surface area contributed by atoms with E-state index in [-0.39, 0.29) is 5.91 Å². The first-order chi connectivity index (χ1) is 12.5. The molecule has 2 aromatic rings. The van der Waals surface area contributed by atoms with Gasteiger partial charge in [0.2, 0.25) is 11.9 Å². The maximum atomic E-state index is 11.5. The van der Waals surface area contributed by atoms with Crippen molar-refractivity contribution in [2.45, 2.75) is 20.8 Å². The van der Waals surface area contributed by atoms with Crippen LogP contribution in [-0.2, 0) is 4.79 Å². The van der Waals surface area contributed by atoms with Crippen molar-refractivity contribution >= 4 is 23.4 Å². The standard InChI is InChI=1S/C19H25N5O2/c1-13-5-6-17(26-4)16(11-13)21-19-20-14(2)12-18(22-19)24-9-7-23(8-10-24)15(3)25/h5-6,11-12H,7-10H2,1-4H3,(H,20,21,22). The quantitative estimate of drug-likeness (QED) is 0.909. The van der Waals surface area contributed by atoms with Crippen molar-refractivity contribution in [3.8, 4) is 5.75 Å². The third-order valence-corrected chi connectivity index (χ3v) is 4.49. The predicted molar refractivity (Wildman–Crippen MR) is 102 cm³/mol. The van der Waals surface area contributed by atoms with Crippen LogP contribution in [0.15, 0.2) is 24.3 Å². The Balaban J connectivity index is 1.81. The Bertz CT molecular complexity index is 801. The van der Waals surface area contributed by atoms with E-state index in [2.05, 4.69) is 20.2 Å². The van der Waals surface area contributed by atoms with Crippen LogP contribution < -0.4 is 15.0 Å². The molecule has 2 heterocycles. The van der Waals surface area contributed by atoms with Crippen LogP contribution in [0.4, 0.5) is 17.5 Å². The van der Waals surface area contributed by atoms with Gasteiger partial charge in [0.05, 0.1) is 12.8 Å². The summed E-state index contributed by atoms with van der Waals surface area (Å²) in [6.07, 6.45) is 0. The molecule has 0 spiro atoms. The van der Waals surface area contributed by atoms with Gasteiger partial charge in [-0.1, -0.05) is 6.07 Å². The van der Waals surface area contributed by atoms with Crippen molar-refractivity contribution in [1.29, 1.82) is 0 Å². The van der Waals surface area contributed by atoms with Gasteiger partial charge in [-0.2, -0.15) is 4.98 Å². The predicted octanol–water partition coefficient (Wildman–Crippen LogP) is 2.51. The number of ether oxygens (including phenoxy) is 1. The van der Waals surface area contributed by atoms with Crippen LogP contribution in [0.5, 0.6) is 5.75 Å². The van der Waals surface area contributed by atoms with Crippen molar-refractivity contribution in [2.75, 3.05) is 43.5 Å². The largest absolute Gasteiger partial charge is 0.495 e. The van der Waals surface area contributed by atoms with Crippen molar-refractivity contribution in [1.82, 2.24) is 14.9 Å². The zero-order valence-corrected chi connectivity index (χ0v) is 15.7. The van der Waals surface area contributed by atoms with Gasteiger partial charge in [0.1, 0.15) is 11.6 Å². The smallest absolute Gasteiger partial charge is 0.229 e. The number of aromatic nitrogens is 2. The van der Waals surface area contributed by atoms with Crippen LogP contribution >= 0.6 is 0 Å². The summed E-state index contributed by atoms with van der Waals surface area (Å²) >= 11 is 0. The Hall–Kier alpha value is -2.83. The first-order valence-electron chi connectivity index (χ1n) is 8.74. The van der Waals surface area contributed by atoms with Gasteiger partial charge in [0.25, 0.3) is 0 Å². The summed E-state index contributed by atoms with van der Waals surface area (Å²) in [6.45, 7) is 8.56. The summed E-state index contributed by atoms with van der Waals surface area (Å²) in [6, 6.07) is 7.91. The minimum atomic E-state index is 0.123. The maximum absolute atomic E-state index is 11.5. The highest BCUT2D eigenvalue weighted by atomic mass is 16.5. The van der Waals surface area contributed by atoms with Gasteiger partial charge >= 0.3 is 0 Å². The lowest BCUT2D eigenvalue weighted by Crippen LogP contribution is -2.48. The summed E-state index contributed by atoms with van der Waals surface area (Å²) in [4.78, 5) is 24.7. The zero-order chi connectivity index (χ0) is 18.7. The molecule has 1 N–H and O–H groups in total. The molecule has 0 saturated carbocycles. The number of hydrogen-bond donors (Lipinski definition) is 1. The molecule has 1 aliphatic heterocycles. The molecule has 1 fully saturated rings. The van der Waals surface area contributed by atoms with E-state index < -0.39 is 0 Å². The Kier molecular flexibility index (Phi) is 5.25. The number of nitrogens with one attached hydrogen (secondary N) is 1. The SMILES string of the molecule is COc1ccc(C)cc1Nc1nc(C)cc(N2CCN(C(C)=O)CC2)n1. The number of nitrogens with zero attached hydrogens (tertiary/aromatic N) is 4. The van der Waals surface area contributed by atoms with Gasteiger partial charge in [-0.3, -0.25) is 4.79 Å². The molecule has 3 rings (SSSR count). The highest BCUT2D eigenvalue weighted by molar-refractivity contribution is 5.73.